The fraction of sp³-hybridized carbons (Fsp3) is 0.583. The van der Waals surface area contributed by atoms with Crippen LogP contribution in [0.5, 0.6) is 0 Å². The smallest absolute Gasteiger partial charge is 0.120 e. The molecule has 0 aromatic carbocycles. The van der Waals surface area contributed by atoms with Gasteiger partial charge in [0, 0.05) is 6.42 Å². The molecule has 0 amide bonds. The summed E-state index contributed by atoms with van der Waals surface area (Å²) in [5.74, 6) is 0. The van der Waals surface area contributed by atoms with Gasteiger partial charge in [0.1, 0.15) is 6.29 Å². The van der Waals surface area contributed by atoms with Gasteiger partial charge in [-0.2, -0.15) is 0 Å². The molecular weight excluding hydrogens is 160 g/mol. The standard InChI is InChI=1S/C12H18O/c1-10-9-12(2,3)7-6-11(10)5-4-8-13/h6,8-9H,4-5,7H2,1-3H3. The average Bonchev–Trinajstić information content (AvgIpc) is 2.02. The van der Waals surface area contributed by atoms with E-state index in [9.17, 15) is 4.79 Å². The van der Waals surface area contributed by atoms with Crippen molar-refractivity contribution in [2.24, 2.45) is 5.41 Å². The van der Waals surface area contributed by atoms with Gasteiger partial charge in [-0.05, 0) is 30.8 Å². The number of rotatable bonds is 3. The van der Waals surface area contributed by atoms with Crippen LogP contribution in [0.3, 0.4) is 0 Å². The normalized spacial score (nSPS) is 20.5. The molecule has 72 valence electrons. The van der Waals surface area contributed by atoms with Crippen LogP contribution in [0.2, 0.25) is 0 Å². The highest BCUT2D eigenvalue weighted by Gasteiger charge is 2.18. The van der Waals surface area contributed by atoms with E-state index in [1.807, 2.05) is 0 Å². The molecule has 0 radical (unpaired) electrons. The Morgan fingerprint density at radius 1 is 1.54 bits per heavy atom. The molecule has 1 aliphatic carbocycles. The Bertz CT molecular complexity index is 256. The summed E-state index contributed by atoms with van der Waals surface area (Å²) >= 11 is 0. The zero-order valence-electron chi connectivity index (χ0n) is 8.76. The van der Waals surface area contributed by atoms with Crippen LogP contribution in [0.1, 0.15) is 40.0 Å². The molecule has 0 spiro atoms. The highest BCUT2D eigenvalue weighted by molar-refractivity contribution is 5.51. The van der Waals surface area contributed by atoms with Crippen molar-refractivity contribution < 1.29 is 4.79 Å². The molecule has 0 fully saturated rings. The topological polar surface area (TPSA) is 17.1 Å². The predicted molar refractivity (Wildman–Crippen MR) is 55.5 cm³/mol. The van der Waals surface area contributed by atoms with Crippen molar-refractivity contribution in [2.75, 3.05) is 0 Å². The van der Waals surface area contributed by atoms with Crippen molar-refractivity contribution in [1.29, 1.82) is 0 Å². The Hall–Kier alpha value is -0.850. The molecule has 0 saturated heterocycles. The summed E-state index contributed by atoms with van der Waals surface area (Å²) in [6.45, 7) is 6.62. The Morgan fingerprint density at radius 3 is 2.77 bits per heavy atom. The van der Waals surface area contributed by atoms with Crippen molar-refractivity contribution in [3.8, 4) is 0 Å². The summed E-state index contributed by atoms with van der Waals surface area (Å²) in [6, 6.07) is 0. The maximum absolute atomic E-state index is 10.2. The minimum atomic E-state index is 0.300. The van der Waals surface area contributed by atoms with E-state index in [1.165, 1.54) is 11.1 Å². The van der Waals surface area contributed by atoms with Gasteiger partial charge in [-0.25, -0.2) is 0 Å². The molecule has 0 saturated carbocycles. The van der Waals surface area contributed by atoms with E-state index >= 15 is 0 Å². The van der Waals surface area contributed by atoms with Gasteiger partial charge in [0.2, 0.25) is 0 Å². The van der Waals surface area contributed by atoms with Crippen molar-refractivity contribution in [1.82, 2.24) is 0 Å². The largest absolute Gasteiger partial charge is 0.303 e. The van der Waals surface area contributed by atoms with Gasteiger partial charge in [0.15, 0.2) is 0 Å². The average molecular weight is 178 g/mol. The van der Waals surface area contributed by atoms with Gasteiger partial charge in [-0.15, -0.1) is 0 Å². The summed E-state index contributed by atoms with van der Waals surface area (Å²) in [5.41, 5.74) is 3.00. The lowest BCUT2D eigenvalue weighted by Crippen LogP contribution is -2.11. The second-order valence-electron chi connectivity index (χ2n) is 4.45. The molecule has 0 aromatic heterocycles. The van der Waals surface area contributed by atoms with Crippen LogP contribution in [-0.4, -0.2) is 6.29 Å². The molecule has 0 aliphatic heterocycles. The Kier molecular flexibility index (Phi) is 3.07. The Balaban J connectivity index is 2.65. The summed E-state index contributed by atoms with van der Waals surface area (Å²) in [5, 5.41) is 0. The monoisotopic (exact) mass is 178 g/mol. The van der Waals surface area contributed by atoms with Crippen LogP contribution in [0.25, 0.3) is 0 Å². The summed E-state index contributed by atoms with van der Waals surface area (Å²) < 4.78 is 0. The first-order chi connectivity index (χ1) is 6.05. The highest BCUT2D eigenvalue weighted by Crippen LogP contribution is 2.33. The number of hydrogen-bond acceptors (Lipinski definition) is 1. The maximum Gasteiger partial charge on any atom is 0.120 e. The van der Waals surface area contributed by atoms with Crippen LogP contribution < -0.4 is 0 Å². The minimum absolute atomic E-state index is 0.300. The van der Waals surface area contributed by atoms with E-state index in [1.54, 1.807) is 0 Å². The molecule has 0 atom stereocenters. The van der Waals surface area contributed by atoms with Gasteiger partial charge in [0.25, 0.3) is 0 Å². The number of aldehydes is 1. The third-order valence-electron chi connectivity index (χ3n) is 2.52. The Morgan fingerprint density at radius 2 is 2.23 bits per heavy atom. The first kappa shape index (κ1) is 10.2. The highest BCUT2D eigenvalue weighted by atomic mass is 16.1. The van der Waals surface area contributed by atoms with Crippen LogP contribution in [0.15, 0.2) is 23.3 Å². The molecule has 0 unspecified atom stereocenters. The fourth-order valence-corrected chi connectivity index (χ4v) is 1.80. The van der Waals surface area contributed by atoms with Crippen LogP contribution in [-0.2, 0) is 4.79 Å². The molecule has 1 rings (SSSR count). The minimum Gasteiger partial charge on any atom is -0.303 e. The molecule has 13 heavy (non-hydrogen) atoms. The molecule has 1 nitrogen and oxygen atoms in total. The van der Waals surface area contributed by atoms with E-state index in [4.69, 9.17) is 0 Å². The first-order valence-electron chi connectivity index (χ1n) is 4.88. The van der Waals surface area contributed by atoms with Crippen molar-refractivity contribution in [3.05, 3.63) is 23.3 Å². The zero-order chi connectivity index (χ0) is 9.90. The molecule has 1 heteroatoms. The van der Waals surface area contributed by atoms with Crippen molar-refractivity contribution in [3.63, 3.8) is 0 Å². The number of carbonyl (C=O) groups is 1. The summed E-state index contributed by atoms with van der Waals surface area (Å²) in [7, 11) is 0. The molecule has 0 bridgehead atoms. The second-order valence-corrected chi connectivity index (χ2v) is 4.45. The second kappa shape index (κ2) is 3.91. The lowest BCUT2D eigenvalue weighted by Gasteiger charge is -2.25. The summed E-state index contributed by atoms with van der Waals surface area (Å²) in [6.07, 6.45) is 8.23. The van der Waals surface area contributed by atoms with Gasteiger partial charge in [-0.3, -0.25) is 0 Å². The predicted octanol–water partition coefficient (Wildman–Crippen LogP) is 3.27. The van der Waals surface area contributed by atoms with E-state index < -0.39 is 0 Å². The first-order valence-corrected chi connectivity index (χ1v) is 4.88. The lowest BCUT2D eigenvalue weighted by atomic mass is 9.80. The third-order valence-corrected chi connectivity index (χ3v) is 2.52. The van der Waals surface area contributed by atoms with Crippen molar-refractivity contribution >= 4 is 6.29 Å². The molecule has 1 aliphatic rings. The van der Waals surface area contributed by atoms with Gasteiger partial charge >= 0.3 is 0 Å². The van der Waals surface area contributed by atoms with Crippen LogP contribution >= 0.6 is 0 Å². The van der Waals surface area contributed by atoms with Crippen LogP contribution in [0, 0.1) is 5.41 Å². The SMILES string of the molecule is CC1=CC(C)(C)CC=C1CCC=O. The quantitative estimate of drug-likeness (QED) is 0.606. The van der Waals surface area contributed by atoms with Gasteiger partial charge in [0.05, 0.1) is 0 Å². The van der Waals surface area contributed by atoms with E-state index in [-0.39, 0.29) is 0 Å². The van der Waals surface area contributed by atoms with Crippen molar-refractivity contribution in [2.45, 2.75) is 40.0 Å². The molecule has 0 N–H and O–H groups in total. The van der Waals surface area contributed by atoms with Gasteiger partial charge in [-0.1, -0.05) is 31.6 Å². The molecule has 0 aromatic rings. The van der Waals surface area contributed by atoms with Crippen LogP contribution in [0.4, 0.5) is 0 Å². The molecular formula is C12H18O. The lowest BCUT2D eigenvalue weighted by molar-refractivity contribution is -0.107. The zero-order valence-corrected chi connectivity index (χ0v) is 8.76. The van der Waals surface area contributed by atoms with E-state index in [0.29, 0.717) is 11.8 Å². The Labute approximate surface area is 80.5 Å². The fourth-order valence-electron chi connectivity index (χ4n) is 1.80. The number of allylic oxidation sites excluding steroid dienone is 4. The van der Waals surface area contributed by atoms with E-state index in [2.05, 4.69) is 32.9 Å². The molecule has 0 heterocycles. The summed E-state index contributed by atoms with van der Waals surface area (Å²) in [4.78, 5) is 10.2. The maximum atomic E-state index is 10.2. The number of carbonyl (C=O) groups excluding carboxylic acids is 1. The third kappa shape index (κ3) is 2.83. The van der Waals surface area contributed by atoms with Gasteiger partial charge < -0.3 is 4.79 Å². The van der Waals surface area contributed by atoms with E-state index in [0.717, 1.165) is 19.1 Å². The number of hydrogen-bond donors (Lipinski definition) is 0.